The summed E-state index contributed by atoms with van der Waals surface area (Å²) in [7, 11) is 4.36. The van der Waals surface area contributed by atoms with Gasteiger partial charge in [0.05, 0.1) is 17.9 Å². The van der Waals surface area contributed by atoms with Crippen molar-refractivity contribution in [3.8, 4) is 0 Å². The highest BCUT2D eigenvalue weighted by Crippen LogP contribution is 2.34. The molecule has 6 aliphatic heterocycles. The lowest BCUT2D eigenvalue weighted by Crippen LogP contribution is -2.57. The molecule has 3 amide bonds. The number of carbonyl (C=O) groups is 3. The molecule has 8 heterocycles. The van der Waals surface area contributed by atoms with Crippen LogP contribution in [0, 0.1) is 13.1 Å². The summed E-state index contributed by atoms with van der Waals surface area (Å²) in [6.07, 6.45) is 5.22. The highest BCUT2D eigenvalue weighted by atomic mass is 32.2. The molecule has 22 heteroatoms. The van der Waals surface area contributed by atoms with E-state index in [1.54, 1.807) is 38.2 Å². The zero-order valence-electron chi connectivity index (χ0n) is 47.6. The van der Waals surface area contributed by atoms with Crippen LogP contribution in [0.1, 0.15) is 80.1 Å². The van der Waals surface area contributed by atoms with E-state index in [9.17, 15) is 14.4 Å². The number of likely N-dealkylation sites (tertiary alicyclic amines) is 2. The molecule has 6 aliphatic rings. The molecule has 1 N–H and O–H groups in total. The van der Waals surface area contributed by atoms with Crippen LogP contribution in [0.4, 0.5) is 26.0 Å². The number of amides is 3. The van der Waals surface area contributed by atoms with Crippen LogP contribution < -0.4 is 15.1 Å². The lowest BCUT2D eigenvalue weighted by Gasteiger charge is -2.40. The Morgan fingerprint density at radius 2 is 1.12 bits per heavy atom. The number of benzene rings is 2. The average Bonchev–Trinajstić information content (AvgIpc) is 4.27. The molecule has 2 aromatic carbocycles. The fraction of sp³-hybridized carbons (Fsp3) is 0.576. The van der Waals surface area contributed by atoms with Crippen molar-refractivity contribution < 1.29 is 28.6 Å². The summed E-state index contributed by atoms with van der Waals surface area (Å²) in [6.45, 7) is 29.5. The SMILES string of the molecule is [C-]#[N+]C[C@H]1CN(c2nc(SC[C@@H]3CCCN3C)nc3c2CCN(C(=O)OC(C)(C)C)C3)CCN1C(=O)OCc1ccccc1.[C-]#[N+]C[C@H]1CN(c2nc(SC[C@@H]3CCCN3C)nc3c2CCNC3)CCN1C(=O)OCc1ccccc1. The van der Waals surface area contributed by atoms with E-state index in [1.165, 1.54) is 24.8 Å². The first-order chi connectivity index (χ1) is 39.2. The summed E-state index contributed by atoms with van der Waals surface area (Å²) >= 11 is 3.40. The van der Waals surface area contributed by atoms with E-state index in [-0.39, 0.29) is 50.6 Å². The van der Waals surface area contributed by atoms with Crippen LogP contribution in [0.15, 0.2) is 71.0 Å². The van der Waals surface area contributed by atoms with Gasteiger partial charge in [0.15, 0.2) is 10.3 Å². The summed E-state index contributed by atoms with van der Waals surface area (Å²) in [5.74, 6) is 3.70. The first kappa shape index (κ1) is 59.2. The Kier molecular flexibility index (Phi) is 20.5. The molecule has 4 aromatic rings. The maximum atomic E-state index is 13.1. The van der Waals surface area contributed by atoms with E-state index < -0.39 is 11.7 Å². The highest BCUT2D eigenvalue weighted by Gasteiger charge is 2.39. The van der Waals surface area contributed by atoms with Crippen LogP contribution in [0.5, 0.6) is 0 Å². The van der Waals surface area contributed by atoms with Crippen LogP contribution >= 0.6 is 23.5 Å². The Balaban J connectivity index is 0.000000198. The van der Waals surface area contributed by atoms with Gasteiger partial charge >= 0.3 is 18.3 Å². The monoisotopic (exact) mass is 1140 g/mol. The van der Waals surface area contributed by atoms with Crippen LogP contribution in [0.2, 0.25) is 0 Å². The van der Waals surface area contributed by atoms with Gasteiger partial charge < -0.3 is 53.7 Å². The first-order valence-corrected chi connectivity index (χ1v) is 30.5. The number of anilines is 2. The minimum absolute atomic E-state index is 0.173. The molecular formula is C59H78N14O6S2. The Hall–Kier alpha value is -6.43. The van der Waals surface area contributed by atoms with Crippen molar-refractivity contribution in [3.05, 3.63) is 117 Å². The van der Waals surface area contributed by atoms with E-state index in [1.807, 2.05) is 81.4 Å². The molecule has 2 aromatic heterocycles. The van der Waals surface area contributed by atoms with Gasteiger partial charge in [-0.3, -0.25) is 9.80 Å². The van der Waals surface area contributed by atoms with E-state index in [0.29, 0.717) is 76.0 Å². The van der Waals surface area contributed by atoms with Crippen molar-refractivity contribution in [2.45, 2.75) is 126 Å². The molecule has 20 nitrogen and oxygen atoms in total. The summed E-state index contributed by atoms with van der Waals surface area (Å²) in [4.78, 5) is 80.7. The molecule has 0 aliphatic carbocycles. The standard InChI is InChI=1S/C32H43N7O4S.C27H35N7O2S/c1-32(2,3)43-30(40)38-15-13-26-27(20-38)34-29(44-22-24-12-9-14-36(24)5)35-28(26)37-16-17-39(25(19-37)18-33-4)31(41)42-21-23-10-7-6-8-11-23;1-28-15-22-17-33(13-14-34(22)27(35)36-18-20-7-4-3-5-8-20)25-23-10-11-29-16-24(23)30-26(31-25)37-19-21-9-6-12-32(21)2/h6-8,10-11,24-25H,9,12-22H2,1-3,5H3;3-5,7-8,21-22,29H,6,9-19H2,2H3/t24-,25-;21-,22-/m00/s1. The van der Waals surface area contributed by atoms with Crippen molar-refractivity contribution in [3.63, 3.8) is 0 Å². The number of fused-ring (bicyclic) bond motifs is 2. The number of hydrogen-bond acceptors (Lipinski definition) is 17. The lowest BCUT2D eigenvalue weighted by molar-refractivity contribution is 0.0220. The normalized spacial score (nSPS) is 21.2. The fourth-order valence-electron chi connectivity index (χ4n) is 11.3. The number of carbonyl (C=O) groups excluding carboxylic acids is 3. The molecule has 10 rings (SSSR count). The lowest BCUT2D eigenvalue weighted by atomic mass is 10.0. The molecule has 4 atom stereocenters. The van der Waals surface area contributed by atoms with E-state index in [2.05, 4.69) is 48.7 Å². The Morgan fingerprint density at radius 3 is 1.59 bits per heavy atom. The van der Waals surface area contributed by atoms with Gasteiger partial charge in [-0.25, -0.2) is 47.5 Å². The van der Waals surface area contributed by atoms with E-state index in [0.717, 1.165) is 95.4 Å². The zero-order chi connectivity index (χ0) is 56.9. The second-order valence-corrected chi connectivity index (χ2v) is 24.6. The van der Waals surface area contributed by atoms with Gasteiger partial charge in [-0.2, -0.15) is 0 Å². The number of nitrogens with one attached hydrogen (secondary N) is 1. The second-order valence-electron chi connectivity index (χ2n) is 22.6. The van der Waals surface area contributed by atoms with Crippen molar-refractivity contribution in [1.29, 1.82) is 0 Å². The summed E-state index contributed by atoms with van der Waals surface area (Å²) in [6, 6.07) is 19.7. The third-order valence-corrected chi connectivity index (χ3v) is 17.8. The van der Waals surface area contributed by atoms with Crippen LogP contribution in [-0.2, 0) is 53.4 Å². The molecule has 432 valence electrons. The average molecular weight is 1140 g/mol. The van der Waals surface area contributed by atoms with Crippen LogP contribution in [-0.4, -0.2) is 197 Å². The summed E-state index contributed by atoms with van der Waals surface area (Å²) < 4.78 is 16.9. The van der Waals surface area contributed by atoms with Gasteiger partial charge in [0.2, 0.25) is 13.1 Å². The van der Waals surface area contributed by atoms with Crippen molar-refractivity contribution in [2.24, 2.45) is 0 Å². The first-order valence-electron chi connectivity index (χ1n) is 28.5. The Labute approximate surface area is 486 Å². The van der Waals surface area contributed by atoms with Gasteiger partial charge in [0.25, 0.3) is 0 Å². The third kappa shape index (κ3) is 15.8. The van der Waals surface area contributed by atoms with Gasteiger partial charge in [-0.1, -0.05) is 84.2 Å². The molecule has 0 bridgehead atoms. The number of aromatic nitrogens is 4. The molecule has 0 spiro atoms. The largest absolute Gasteiger partial charge is 0.445 e. The smallest absolute Gasteiger partial charge is 0.410 e. The van der Waals surface area contributed by atoms with Crippen LogP contribution in [0.3, 0.4) is 0 Å². The topological polar surface area (TPSA) is 174 Å². The fourth-order valence-corrected chi connectivity index (χ4v) is 13.4. The molecule has 4 saturated heterocycles. The maximum Gasteiger partial charge on any atom is 0.410 e. The van der Waals surface area contributed by atoms with Crippen molar-refractivity contribution >= 4 is 53.4 Å². The van der Waals surface area contributed by atoms with Gasteiger partial charge in [-0.05, 0) is 104 Å². The number of ether oxygens (including phenoxy) is 3. The van der Waals surface area contributed by atoms with E-state index in [4.69, 9.17) is 47.3 Å². The number of nitrogens with zero attached hydrogens (tertiary/aromatic N) is 13. The zero-order valence-corrected chi connectivity index (χ0v) is 49.3. The van der Waals surface area contributed by atoms with Gasteiger partial charge in [0.1, 0.15) is 42.5 Å². The Bertz CT molecular complexity index is 2870. The van der Waals surface area contributed by atoms with Gasteiger partial charge in [-0.15, -0.1) is 0 Å². The number of piperazine rings is 2. The predicted octanol–water partition coefficient (Wildman–Crippen LogP) is 7.76. The molecule has 4 fully saturated rings. The molecule has 0 radical (unpaired) electrons. The molecule has 0 saturated carbocycles. The molecule has 0 unspecified atom stereocenters. The highest BCUT2D eigenvalue weighted by molar-refractivity contribution is 7.99. The van der Waals surface area contributed by atoms with Gasteiger partial charge in [0, 0.05) is 87.1 Å². The van der Waals surface area contributed by atoms with Crippen molar-refractivity contribution in [1.82, 2.24) is 49.8 Å². The number of thioether (sulfide) groups is 2. The number of rotatable bonds is 14. The van der Waals surface area contributed by atoms with E-state index >= 15 is 0 Å². The predicted molar refractivity (Wildman–Crippen MR) is 314 cm³/mol. The van der Waals surface area contributed by atoms with Crippen molar-refractivity contribution in [2.75, 3.05) is 114 Å². The number of hydrogen-bond donors (Lipinski definition) is 1. The molecule has 81 heavy (non-hydrogen) atoms. The summed E-state index contributed by atoms with van der Waals surface area (Å²) in [5.41, 5.74) is 5.42. The quantitative estimate of drug-likeness (QED) is 0.0561. The van der Waals surface area contributed by atoms with Crippen LogP contribution in [0.25, 0.3) is 9.69 Å². The second kappa shape index (κ2) is 28.0. The minimum Gasteiger partial charge on any atom is -0.445 e. The minimum atomic E-state index is -0.581. The Morgan fingerprint density at radius 1 is 0.630 bits per heavy atom. The maximum absolute atomic E-state index is 13.1. The summed E-state index contributed by atoms with van der Waals surface area (Å²) in [5, 5.41) is 4.96. The third-order valence-electron chi connectivity index (χ3n) is 15.8. The molecular weight excluding hydrogens is 1060 g/mol.